The SMILES string of the molecule is CCC[SiH2]CC(C)C. The van der Waals surface area contributed by atoms with Crippen molar-refractivity contribution < 1.29 is 0 Å². The first kappa shape index (κ1) is 8.22. The summed E-state index contributed by atoms with van der Waals surface area (Å²) in [6.45, 7) is 6.93. The Hall–Kier alpha value is 0.217. The van der Waals surface area contributed by atoms with Crippen LogP contribution < -0.4 is 0 Å². The summed E-state index contributed by atoms with van der Waals surface area (Å²) in [5.41, 5.74) is 0. The third kappa shape index (κ3) is 6.22. The van der Waals surface area contributed by atoms with E-state index in [0.717, 1.165) is 5.92 Å². The van der Waals surface area contributed by atoms with Gasteiger partial charge in [0.25, 0.3) is 0 Å². The molecule has 0 saturated heterocycles. The molecule has 0 aliphatic rings. The van der Waals surface area contributed by atoms with Crippen LogP contribution in [-0.2, 0) is 0 Å². The largest absolute Gasteiger partial charge is 0.0657 e. The molecule has 0 aromatic rings. The van der Waals surface area contributed by atoms with E-state index in [1.54, 1.807) is 12.1 Å². The Bertz CT molecular complexity index is 41.7. The summed E-state index contributed by atoms with van der Waals surface area (Å²) >= 11 is 0. The molecule has 0 aromatic heterocycles. The van der Waals surface area contributed by atoms with E-state index in [2.05, 4.69) is 20.8 Å². The zero-order chi connectivity index (χ0) is 6.41. The predicted molar refractivity (Wildman–Crippen MR) is 43.3 cm³/mol. The lowest BCUT2D eigenvalue weighted by Crippen LogP contribution is -1.93. The first-order chi connectivity index (χ1) is 3.77. The van der Waals surface area contributed by atoms with Crippen LogP contribution in [0.2, 0.25) is 12.1 Å². The minimum atomic E-state index is 0.364. The molecule has 8 heavy (non-hydrogen) atoms. The second-order valence-corrected chi connectivity index (χ2v) is 4.88. The molecule has 0 amide bonds. The maximum Gasteiger partial charge on any atom is 0.0200 e. The van der Waals surface area contributed by atoms with Crippen molar-refractivity contribution >= 4 is 9.52 Å². The molecule has 0 aromatic carbocycles. The van der Waals surface area contributed by atoms with Crippen molar-refractivity contribution in [3.8, 4) is 0 Å². The van der Waals surface area contributed by atoms with E-state index in [9.17, 15) is 0 Å². The molecule has 0 unspecified atom stereocenters. The van der Waals surface area contributed by atoms with Crippen molar-refractivity contribution in [2.24, 2.45) is 5.92 Å². The predicted octanol–water partition coefficient (Wildman–Crippen LogP) is 2.06. The molecule has 0 aliphatic carbocycles. The standard InChI is InChI=1S/C7H18Si/c1-4-5-8-6-7(2)3/h7H,4-6,8H2,1-3H3. The van der Waals surface area contributed by atoms with E-state index in [-0.39, 0.29) is 0 Å². The molecular weight excluding hydrogens is 112 g/mol. The number of hydrogen-bond acceptors (Lipinski definition) is 0. The van der Waals surface area contributed by atoms with E-state index in [1.807, 2.05) is 0 Å². The molecule has 1 heteroatoms. The van der Waals surface area contributed by atoms with Gasteiger partial charge >= 0.3 is 0 Å². The third-order valence-electron chi connectivity index (χ3n) is 1.39. The van der Waals surface area contributed by atoms with Crippen molar-refractivity contribution in [2.45, 2.75) is 39.3 Å². The molecule has 0 radical (unpaired) electrons. The maximum absolute atomic E-state index is 2.32. The Morgan fingerprint density at radius 3 is 2.38 bits per heavy atom. The van der Waals surface area contributed by atoms with Crippen LogP contribution >= 0.6 is 0 Å². The lowest BCUT2D eigenvalue weighted by Gasteiger charge is -1.99. The van der Waals surface area contributed by atoms with Gasteiger partial charge in [0, 0.05) is 9.52 Å². The van der Waals surface area contributed by atoms with Crippen LogP contribution in [0.15, 0.2) is 0 Å². The van der Waals surface area contributed by atoms with Gasteiger partial charge in [-0.3, -0.25) is 0 Å². The van der Waals surface area contributed by atoms with Gasteiger partial charge in [0.05, 0.1) is 0 Å². The Balaban J connectivity index is 2.72. The van der Waals surface area contributed by atoms with Gasteiger partial charge in [0.2, 0.25) is 0 Å². The molecule has 0 nitrogen and oxygen atoms in total. The van der Waals surface area contributed by atoms with Gasteiger partial charge in [-0.05, 0) is 0 Å². The van der Waals surface area contributed by atoms with E-state index < -0.39 is 0 Å². The molecule has 0 rings (SSSR count). The fraction of sp³-hybridized carbons (Fsp3) is 1.00. The van der Waals surface area contributed by atoms with Crippen molar-refractivity contribution in [1.29, 1.82) is 0 Å². The van der Waals surface area contributed by atoms with Crippen LogP contribution in [-0.4, -0.2) is 9.52 Å². The summed E-state index contributed by atoms with van der Waals surface area (Å²) in [6.07, 6.45) is 1.42. The summed E-state index contributed by atoms with van der Waals surface area (Å²) in [6, 6.07) is 3.10. The second-order valence-electron chi connectivity index (χ2n) is 2.89. The second kappa shape index (κ2) is 5.36. The van der Waals surface area contributed by atoms with Crippen LogP contribution in [0.3, 0.4) is 0 Å². The minimum absolute atomic E-state index is 0.364. The topological polar surface area (TPSA) is 0 Å². The monoisotopic (exact) mass is 130 g/mol. The highest BCUT2D eigenvalue weighted by Crippen LogP contribution is 2.01. The van der Waals surface area contributed by atoms with Crippen molar-refractivity contribution in [2.75, 3.05) is 0 Å². The lowest BCUT2D eigenvalue weighted by atomic mass is 10.3. The van der Waals surface area contributed by atoms with Crippen LogP contribution in [0.1, 0.15) is 27.2 Å². The van der Waals surface area contributed by atoms with Crippen molar-refractivity contribution in [3.63, 3.8) is 0 Å². The summed E-state index contributed by atoms with van der Waals surface area (Å²) in [4.78, 5) is 0. The number of rotatable bonds is 4. The van der Waals surface area contributed by atoms with Gasteiger partial charge in [0.1, 0.15) is 0 Å². The highest BCUT2D eigenvalue weighted by Gasteiger charge is 1.91. The van der Waals surface area contributed by atoms with Crippen molar-refractivity contribution in [3.05, 3.63) is 0 Å². The average molecular weight is 130 g/mol. The van der Waals surface area contributed by atoms with Gasteiger partial charge < -0.3 is 0 Å². The van der Waals surface area contributed by atoms with Crippen LogP contribution in [0.5, 0.6) is 0 Å². The quantitative estimate of drug-likeness (QED) is 0.404. The van der Waals surface area contributed by atoms with Gasteiger partial charge in [-0.15, -0.1) is 0 Å². The molecule has 0 bridgehead atoms. The fourth-order valence-corrected chi connectivity index (χ4v) is 2.41. The molecule has 0 N–H and O–H groups in total. The summed E-state index contributed by atoms with van der Waals surface area (Å²) in [5.74, 6) is 0.966. The molecule has 50 valence electrons. The molecule has 0 aliphatic heterocycles. The third-order valence-corrected chi connectivity index (χ3v) is 4.16. The van der Waals surface area contributed by atoms with E-state index in [1.165, 1.54) is 6.42 Å². The average Bonchev–Trinajstić information content (AvgIpc) is 1.66. The molecule has 0 heterocycles. The van der Waals surface area contributed by atoms with Crippen LogP contribution in [0.4, 0.5) is 0 Å². The molecule has 0 spiro atoms. The zero-order valence-corrected chi connectivity index (χ0v) is 7.82. The Labute approximate surface area is 55.5 Å². The van der Waals surface area contributed by atoms with E-state index >= 15 is 0 Å². The van der Waals surface area contributed by atoms with Gasteiger partial charge in [-0.25, -0.2) is 0 Å². The Kier molecular flexibility index (Phi) is 5.50. The highest BCUT2D eigenvalue weighted by molar-refractivity contribution is 6.35. The van der Waals surface area contributed by atoms with Crippen molar-refractivity contribution in [1.82, 2.24) is 0 Å². The summed E-state index contributed by atoms with van der Waals surface area (Å²) in [5, 5.41) is 0. The smallest absolute Gasteiger partial charge is 0.0200 e. The van der Waals surface area contributed by atoms with Gasteiger partial charge in [-0.2, -0.15) is 0 Å². The first-order valence-electron chi connectivity index (χ1n) is 3.77. The molecule has 0 fully saturated rings. The summed E-state index contributed by atoms with van der Waals surface area (Å²) in [7, 11) is 0.364. The fourth-order valence-electron chi connectivity index (χ4n) is 0.803. The van der Waals surface area contributed by atoms with Gasteiger partial charge in [-0.1, -0.05) is 45.2 Å². The zero-order valence-electron chi connectivity index (χ0n) is 6.41. The minimum Gasteiger partial charge on any atom is -0.0657 e. The van der Waals surface area contributed by atoms with E-state index in [4.69, 9.17) is 0 Å². The lowest BCUT2D eigenvalue weighted by molar-refractivity contribution is 0.728. The van der Waals surface area contributed by atoms with Crippen LogP contribution in [0, 0.1) is 5.92 Å². The van der Waals surface area contributed by atoms with Gasteiger partial charge in [0.15, 0.2) is 0 Å². The normalized spacial score (nSPS) is 12.0. The van der Waals surface area contributed by atoms with E-state index in [0.29, 0.717) is 9.52 Å². The maximum atomic E-state index is 2.32. The molecule has 0 saturated carbocycles. The Morgan fingerprint density at radius 1 is 1.38 bits per heavy atom. The highest BCUT2D eigenvalue weighted by atomic mass is 28.2. The molecule has 0 atom stereocenters. The molecular formula is C7H18Si. The summed E-state index contributed by atoms with van der Waals surface area (Å²) < 4.78 is 0. The Morgan fingerprint density at radius 2 is 2.00 bits per heavy atom. The van der Waals surface area contributed by atoms with Crippen LogP contribution in [0.25, 0.3) is 0 Å². The number of hydrogen-bond donors (Lipinski definition) is 0. The first-order valence-corrected chi connectivity index (χ1v) is 5.77.